The molecule has 0 radical (unpaired) electrons. The maximum atomic E-state index is 6.38. The summed E-state index contributed by atoms with van der Waals surface area (Å²) < 4.78 is 2.02. The van der Waals surface area contributed by atoms with Crippen LogP contribution in [0.25, 0.3) is 11.3 Å². The Morgan fingerprint density at radius 1 is 0.931 bits per heavy atom. The molecule has 1 aliphatic rings. The lowest BCUT2D eigenvalue weighted by Crippen LogP contribution is -2.46. The molecule has 2 aromatic carbocycles. The zero-order chi connectivity index (χ0) is 20.2. The third kappa shape index (κ3) is 4.58. The minimum absolute atomic E-state index is 0.615. The minimum atomic E-state index is 0.615. The van der Waals surface area contributed by atoms with Crippen LogP contribution in [0.4, 0.5) is 5.69 Å². The summed E-state index contributed by atoms with van der Waals surface area (Å²) in [5.41, 5.74) is 4.56. The van der Waals surface area contributed by atoms with Gasteiger partial charge in [-0.1, -0.05) is 58.7 Å². The number of benzene rings is 2. The molecule has 0 amide bonds. The van der Waals surface area contributed by atoms with Crippen molar-refractivity contribution in [2.24, 2.45) is 0 Å². The van der Waals surface area contributed by atoms with E-state index in [1.807, 2.05) is 29.1 Å². The molecule has 29 heavy (non-hydrogen) atoms. The minimum Gasteiger partial charge on any atom is -0.368 e. The molecule has 0 atom stereocenters. The Morgan fingerprint density at radius 3 is 2.52 bits per heavy atom. The Morgan fingerprint density at radius 2 is 1.72 bits per heavy atom. The Bertz CT molecular complexity index is 963. The highest BCUT2D eigenvalue weighted by molar-refractivity contribution is 6.43. The second-order valence-electron chi connectivity index (χ2n) is 7.41. The predicted molar refractivity (Wildman–Crippen MR) is 120 cm³/mol. The first kappa shape index (κ1) is 20.2. The highest BCUT2D eigenvalue weighted by atomic mass is 35.5. The summed E-state index contributed by atoms with van der Waals surface area (Å²) in [5.74, 6) is 0. The van der Waals surface area contributed by atoms with Crippen LogP contribution in [0.5, 0.6) is 0 Å². The van der Waals surface area contributed by atoms with Gasteiger partial charge >= 0.3 is 0 Å². The lowest BCUT2D eigenvalue weighted by Gasteiger charge is -2.36. The number of aromatic nitrogens is 3. The van der Waals surface area contributed by atoms with Crippen LogP contribution in [0.1, 0.15) is 12.0 Å². The smallest absolute Gasteiger partial charge is 0.0888 e. The molecule has 7 heteroatoms. The van der Waals surface area contributed by atoms with Gasteiger partial charge in [0.05, 0.1) is 27.6 Å². The summed E-state index contributed by atoms with van der Waals surface area (Å²) in [7, 11) is 0. The molecule has 0 spiro atoms. The van der Waals surface area contributed by atoms with Gasteiger partial charge in [0.15, 0.2) is 0 Å². The highest BCUT2D eigenvalue weighted by Crippen LogP contribution is 2.32. The van der Waals surface area contributed by atoms with Crippen molar-refractivity contribution in [1.82, 2.24) is 19.9 Å². The Kier molecular flexibility index (Phi) is 6.38. The van der Waals surface area contributed by atoms with Gasteiger partial charge in [-0.2, -0.15) is 0 Å². The number of piperazine rings is 1. The number of nitrogens with zero attached hydrogens (tertiary/aromatic N) is 5. The van der Waals surface area contributed by atoms with E-state index >= 15 is 0 Å². The lowest BCUT2D eigenvalue weighted by atomic mass is 10.1. The van der Waals surface area contributed by atoms with E-state index in [9.17, 15) is 0 Å². The van der Waals surface area contributed by atoms with Gasteiger partial charge in [0, 0.05) is 44.8 Å². The summed E-state index contributed by atoms with van der Waals surface area (Å²) in [6, 6.07) is 14.2. The van der Waals surface area contributed by atoms with Crippen molar-refractivity contribution in [3.8, 4) is 11.3 Å². The monoisotopic (exact) mass is 429 g/mol. The van der Waals surface area contributed by atoms with Crippen LogP contribution >= 0.6 is 23.2 Å². The van der Waals surface area contributed by atoms with Gasteiger partial charge in [-0.25, -0.2) is 4.68 Å². The van der Waals surface area contributed by atoms with Crippen LogP contribution < -0.4 is 4.90 Å². The topological polar surface area (TPSA) is 37.2 Å². The quantitative estimate of drug-likeness (QED) is 0.565. The average Bonchev–Trinajstić information content (AvgIpc) is 3.19. The number of aryl methyl sites for hydroxylation is 2. The van der Waals surface area contributed by atoms with Crippen molar-refractivity contribution in [3.05, 3.63) is 64.3 Å². The summed E-state index contributed by atoms with van der Waals surface area (Å²) in [5, 5.41) is 9.70. The van der Waals surface area contributed by atoms with Crippen molar-refractivity contribution >= 4 is 28.9 Å². The largest absolute Gasteiger partial charge is 0.368 e. The van der Waals surface area contributed by atoms with Crippen LogP contribution in [0, 0.1) is 6.92 Å². The normalized spacial score (nSPS) is 15.1. The maximum absolute atomic E-state index is 6.38. The van der Waals surface area contributed by atoms with Gasteiger partial charge in [0.2, 0.25) is 0 Å². The van der Waals surface area contributed by atoms with Crippen LogP contribution in [0.15, 0.2) is 48.7 Å². The van der Waals surface area contributed by atoms with Gasteiger partial charge < -0.3 is 4.90 Å². The molecule has 0 N–H and O–H groups in total. The first-order chi connectivity index (χ1) is 14.1. The van der Waals surface area contributed by atoms with Crippen LogP contribution in [0.2, 0.25) is 10.0 Å². The summed E-state index contributed by atoms with van der Waals surface area (Å²) in [6.45, 7) is 7.98. The Labute approximate surface area is 181 Å². The second kappa shape index (κ2) is 9.16. The van der Waals surface area contributed by atoms with E-state index in [0.29, 0.717) is 10.0 Å². The Balaban J connectivity index is 1.30. The SMILES string of the molecule is Cc1ccccc1-c1cnnn1CCCN1CCN(c2cccc(Cl)c2Cl)CC1. The number of rotatable bonds is 6. The molecule has 4 rings (SSSR count). The zero-order valence-electron chi connectivity index (χ0n) is 16.6. The molecule has 1 aromatic heterocycles. The number of anilines is 1. The molecule has 0 saturated carbocycles. The maximum Gasteiger partial charge on any atom is 0.0888 e. The van der Waals surface area contributed by atoms with Gasteiger partial charge in [-0.3, -0.25) is 4.90 Å². The van der Waals surface area contributed by atoms with E-state index in [1.165, 1.54) is 11.1 Å². The van der Waals surface area contributed by atoms with Crippen molar-refractivity contribution in [2.45, 2.75) is 19.9 Å². The van der Waals surface area contributed by atoms with E-state index in [-0.39, 0.29) is 0 Å². The Hall–Kier alpha value is -2.08. The first-order valence-electron chi connectivity index (χ1n) is 9.99. The number of hydrogen-bond acceptors (Lipinski definition) is 4. The summed E-state index contributed by atoms with van der Waals surface area (Å²) in [4.78, 5) is 4.82. The molecule has 0 aliphatic carbocycles. The molecular weight excluding hydrogens is 405 g/mol. The fraction of sp³-hybridized carbons (Fsp3) is 0.364. The molecule has 5 nitrogen and oxygen atoms in total. The van der Waals surface area contributed by atoms with E-state index in [2.05, 4.69) is 51.3 Å². The molecule has 0 bridgehead atoms. The highest BCUT2D eigenvalue weighted by Gasteiger charge is 2.19. The van der Waals surface area contributed by atoms with Crippen LogP contribution in [0.3, 0.4) is 0 Å². The third-order valence-corrected chi connectivity index (χ3v) is 6.34. The number of hydrogen-bond donors (Lipinski definition) is 0. The van der Waals surface area contributed by atoms with Gasteiger partial charge in [-0.05, 0) is 31.0 Å². The summed E-state index contributed by atoms with van der Waals surface area (Å²) >= 11 is 12.5. The van der Waals surface area contributed by atoms with Gasteiger partial charge in [0.25, 0.3) is 0 Å². The second-order valence-corrected chi connectivity index (χ2v) is 8.20. The van der Waals surface area contributed by atoms with Crippen LogP contribution in [-0.4, -0.2) is 52.6 Å². The fourth-order valence-corrected chi connectivity index (χ4v) is 4.30. The first-order valence-corrected chi connectivity index (χ1v) is 10.7. The van der Waals surface area contributed by atoms with E-state index in [1.54, 1.807) is 0 Å². The van der Waals surface area contributed by atoms with Crippen molar-refractivity contribution < 1.29 is 0 Å². The molecule has 152 valence electrons. The standard InChI is InChI=1S/C22H25Cl2N5/c1-17-6-2-3-7-18(17)21-16-25-26-29(21)11-5-10-27-12-14-28(15-13-27)20-9-4-8-19(23)22(20)24/h2-4,6-9,16H,5,10-15H2,1H3. The van der Waals surface area contributed by atoms with Gasteiger partial charge in [-0.15, -0.1) is 5.10 Å². The lowest BCUT2D eigenvalue weighted by molar-refractivity contribution is 0.249. The fourth-order valence-electron chi connectivity index (χ4n) is 3.88. The average molecular weight is 430 g/mol. The molecule has 2 heterocycles. The molecule has 1 saturated heterocycles. The molecule has 1 aliphatic heterocycles. The molecule has 1 fully saturated rings. The van der Waals surface area contributed by atoms with Crippen molar-refractivity contribution in [3.63, 3.8) is 0 Å². The predicted octanol–water partition coefficient (Wildman–Crippen LogP) is 4.77. The van der Waals surface area contributed by atoms with Gasteiger partial charge in [0.1, 0.15) is 0 Å². The van der Waals surface area contributed by atoms with E-state index in [0.717, 1.165) is 57.1 Å². The van der Waals surface area contributed by atoms with Crippen molar-refractivity contribution in [2.75, 3.05) is 37.6 Å². The molecule has 3 aromatic rings. The van der Waals surface area contributed by atoms with E-state index < -0.39 is 0 Å². The third-order valence-electron chi connectivity index (χ3n) is 5.53. The zero-order valence-corrected chi connectivity index (χ0v) is 18.1. The van der Waals surface area contributed by atoms with Crippen molar-refractivity contribution in [1.29, 1.82) is 0 Å². The molecular formula is C22H25Cl2N5. The van der Waals surface area contributed by atoms with E-state index in [4.69, 9.17) is 23.2 Å². The molecule has 0 unspecified atom stereocenters. The van der Waals surface area contributed by atoms with Crippen LogP contribution in [-0.2, 0) is 6.54 Å². The summed E-state index contributed by atoms with van der Waals surface area (Å²) in [6.07, 6.45) is 2.90. The number of halogens is 2.